The fraction of sp³-hybridized carbons (Fsp3) is 0.0714. The van der Waals surface area contributed by atoms with Crippen LogP contribution in [0.2, 0.25) is 0 Å². The summed E-state index contributed by atoms with van der Waals surface area (Å²) in [5.74, 6) is -0.998. The van der Waals surface area contributed by atoms with Crippen LogP contribution in [0.1, 0.15) is 15.9 Å². The molecule has 0 saturated carbocycles. The Morgan fingerprint density at radius 1 is 1.21 bits per heavy atom. The van der Waals surface area contributed by atoms with E-state index in [4.69, 9.17) is 0 Å². The van der Waals surface area contributed by atoms with Crippen LogP contribution in [0.15, 0.2) is 51.8 Å². The van der Waals surface area contributed by atoms with Gasteiger partial charge in [-0.05, 0) is 35.9 Å². The van der Waals surface area contributed by atoms with E-state index < -0.39 is 11.7 Å². The molecule has 0 fully saturated rings. The maximum atomic E-state index is 13.5. The van der Waals surface area contributed by atoms with Crippen molar-refractivity contribution in [3.8, 4) is 0 Å². The highest BCUT2D eigenvalue weighted by molar-refractivity contribution is 9.10. The zero-order chi connectivity index (χ0) is 13.8. The van der Waals surface area contributed by atoms with E-state index in [0.717, 1.165) is 10.0 Å². The molecule has 1 N–H and O–H groups in total. The quantitative estimate of drug-likeness (QED) is 0.818. The first-order valence-corrected chi connectivity index (χ1v) is 6.81. The number of nitrogens with one attached hydrogen (secondary N) is 1. The molecular weight excluding hydrogens is 329 g/mol. The Labute approximate surface area is 124 Å². The van der Waals surface area contributed by atoms with Gasteiger partial charge in [-0.2, -0.15) is 0 Å². The van der Waals surface area contributed by atoms with Crippen LogP contribution in [0.3, 0.4) is 0 Å². The van der Waals surface area contributed by atoms with Crippen molar-refractivity contribution in [2.75, 3.05) is 0 Å². The summed E-state index contributed by atoms with van der Waals surface area (Å²) in [5.41, 5.74) is 0.948. The number of amides is 1. The molecule has 0 heterocycles. The third-order valence-corrected chi connectivity index (χ3v) is 3.37. The molecule has 0 aliphatic carbocycles. The van der Waals surface area contributed by atoms with Gasteiger partial charge in [-0.1, -0.05) is 28.1 Å². The van der Waals surface area contributed by atoms with Crippen LogP contribution >= 0.6 is 28.6 Å². The van der Waals surface area contributed by atoms with E-state index in [1.165, 1.54) is 18.2 Å². The number of carbonyl (C=O) groups excluding carboxylic acids is 1. The van der Waals surface area contributed by atoms with Gasteiger partial charge < -0.3 is 5.32 Å². The summed E-state index contributed by atoms with van der Waals surface area (Å²) in [6, 6.07) is 11.7. The number of benzene rings is 2. The monoisotopic (exact) mass is 339 g/mol. The second-order valence-electron chi connectivity index (χ2n) is 3.97. The summed E-state index contributed by atoms with van der Waals surface area (Å²) in [7, 11) is 0. The number of thiol groups is 1. The standard InChI is InChI=1S/C14H11BrFNOS/c15-10-3-1-9(2-4-10)8-17-14(18)12-7-11(19)5-6-13(12)16/h1-7,19H,8H2,(H,17,18). The topological polar surface area (TPSA) is 29.1 Å². The molecule has 0 aliphatic rings. The Morgan fingerprint density at radius 2 is 1.89 bits per heavy atom. The van der Waals surface area contributed by atoms with E-state index in [2.05, 4.69) is 33.9 Å². The molecule has 0 radical (unpaired) electrons. The van der Waals surface area contributed by atoms with Gasteiger partial charge in [0.05, 0.1) is 5.56 Å². The van der Waals surface area contributed by atoms with Crippen LogP contribution in [0, 0.1) is 5.82 Å². The van der Waals surface area contributed by atoms with E-state index >= 15 is 0 Å². The number of carbonyl (C=O) groups is 1. The molecule has 98 valence electrons. The molecule has 2 rings (SSSR count). The lowest BCUT2D eigenvalue weighted by molar-refractivity contribution is 0.0946. The Morgan fingerprint density at radius 3 is 2.58 bits per heavy atom. The number of rotatable bonds is 3. The second kappa shape index (κ2) is 6.21. The first-order valence-electron chi connectivity index (χ1n) is 5.57. The SMILES string of the molecule is O=C(NCc1ccc(Br)cc1)c1cc(S)ccc1F. The van der Waals surface area contributed by atoms with Gasteiger partial charge >= 0.3 is 0 Å². The van der Waals surface area contributed by atoms with Gasteiger partial charge in [0.15, 0.2) is 0 Å². The van der Waals surface area contributed by atoms with Crippen LogP contribution < -0.4 is 5.32 Å². The number of hydrogen-bond acceptors (Lipinski definition) is 2. The van der Waals surface area contributed by atoms with Crippen molar-refractivity contribution >= 4 is 34.5 Å². The lowest BCUT2D eigenvalue weighted by Crippen LogP contribution is -2.23. The molecule has 0 aromatic heterocycles. The zero-order valence-electron chi connectivity index (χ0n) is 9.86. The Balaban J connectivity index is 2.05. The predicted octanol–water partition coefficient (Wildman–Crippen LogP) is 3.81. The highest BCUT2D eigenvalue weighted by Gasteiger charge is 2.11. The van der Waals surface area contributed by atoms with Crippen LogP contribution in [-0.4, -0.2) is 5.91 Å². The molecule has 5 heteroatoms. The second-order valence-corrected chi connectivity index (χ2v) is 5.41. The van der Waals surface area contributed by atoms with Crippen molar-refractivity contribution in [3.05, 3.63) is 63.9 Å². The molecule has 0 spiro atoms. The molecule has 0 aliphatic heterocycles. The van der Waals surface area contributed by atoms with Crippen LogP contribution in [0.5, 0.6) is 0 Å². The largest absolute Gasteiger partial charge is 0.348 e. The highest BCUT2D eigenvalue weighted by atomic mass is 79.9. The third kappa shape index (κ3) is 3.81. The van der Waals surface area contributed by atoms with Crippen molar-refractivity contribution in [2.24, 2.45) is 0 Å². The van der Waals surface area contributed by atoms with Gasteiger partial charge in [-0.25, -0.2) is 4.39 Å². The minimum absolute atomic E-state index is 0.00427. The van der Waals surface area contributed by atoms with Gasteiger partial charge in [0, 0.05) is 15.9 Å². The first-order chi connectivity index (χ1) is 9.06. The Bertz CT molecular complexity index is 601. The minimum atomic E-state index is -0.550. The lowest BCUT2D eigenvalue weighted by Gasteiger charge is -2.07. The fourth-order valence-electron chi connectivity index (χ4n) is 1.57. The van der Waals surface area contributed by atoms with Crippen molar-refractivity contribution in [1.29, 1.82) is 0 Å². The van der Waals surface area contributed by atoms with E-state index in [9.17, 15) is 9.18 Å². The summed E-state index contributed by atoms with van der Waals surface area (Å²) in [4.78, 5) is 12.4. The highest BCUT2D eigenvalue weighted by Crippen LogP contribution is 2.14. The summed E-state index contributed by atoms with van der Waals surface area (Å²) in [5, 5.41) is 2.67. The Kier molecular flexibility index (Phi) is 4.61. The molecule has 19 heavy (non-hydrogen) atoms. The smallest absolute Gasteiger partial charge is 0.254 e. The van der Waals surface area contributed by atoms with E-state index in [-0.39, 0.29) is 5.56 Å². The van der Waals surface area contributed by atoms with Gasteiger partial charge in [0.1, 0.15) is 5.82 Å². The van der Waals surface area contributed by atoms with Crippen molar-refractivity contribution < 1.29 is 9.18 Å². The molecular formula is C14H11BrFNOS. The summed E-state index contributed by atoms with van der Waals surface area (Å²) < 4.78 is 14.5. The summed E-state index contributed by atoms with van der Waals surface area (Å²) >= 11 is 7.43. The lowest BCUT2D eigenvalue weighted by atomic mass is 10.2. The van der Waals surface area contributed by atoms with Gasteiger partial charge in [-0.3, -0.25) is 4.79 Å². The average Bonchev–Trinajstić information content (AvgIpc) is 2.40. The normalized spacial score (nSPS) is 10.3. The van der Waals surface area contributed by atoms with Crippen molar-refractivity contribution in [1.82, 2.24) is 5.32 Å². The molecule has 0 saturated heterocycles. The van der Waals surface area contributed by atoms with Crippen molar-refractivity contribution in [2.45, 2.75) is 11.4 Å². The molecule has 2 nitrogen and oxygen atoms in total. The molecule has 0 atom stereocenters. The fourth-order valence-corrected chi connectivity index (χ4v) is 2.04. The molecule has 2 aromatic carbocycles. The van der Waals surface area contributed by atoms with E-state index in [1.54, 1.807) is 0 Å². The zero-order valence-corrected chi connectivity index (χ0v) is 12.3. The van der Waals surface area contributed by atoms with Crippen molar-refractivity contribution in [3.63, 3.8) is 0 Å². The van der Waals surface area contributed by atoms with E-state index in [0.29, 0.717) is 11.4 Å². The van der Waals surface area contributed by atoms with Crippen LogP contribution in [0.4, 0.5) is 4.39 Å². The number of hydrogen-bond donors (Lipinski definition) is 2. The van der Waals surface area contributed by atoms with E-state index in [1.807, 2.05) is 24.3 Å². The maximum Gasteiger partial charge on any atom is 0.254 e. The first kappa shape index (κ1) is 14.1. The third-order valence-electron chi connectivity index (χ3n) is 2.56. The van der Waals surface area contributed by atoms with Crippen LogP contribution in [0.25, 0.3) is 0 Å². The predicted molar refractivity (Wildman–Crippen MR) is 79.0 cm³/mol. The summed E-state index contributed by atoms with van der Waals surface area (Å²) in [6.45, 7) is 0.350. The molecule has 0 bridgehead atoms. The van der Waals surface area contributed by atoms with Gasteiger partial charge in [-0.15, -0.1) is 12.6 Å². The van der Waals surface area contributed by atoms with Gasteiger partial charge in [0.2, 0.25) is 0 Å². The molecule has 0 unspecified atom stereocenters. The molecule has 1 amide bonds. The maximum absolute atomic E-state index is 13.5. The molecule has 2 aromatic rings. The average molecular weight is 340 g/mol. The summed E-state index contributed by atoms with van der Waals surface area (Å²) in [6.07, 6.45) is 0. The minimum Gasteiger partial charge on any atom is -0.348 e. The van der Waals surface area contributed by atoms with Gasteiger partial charge in [0.25, 0.3) is 5.91 Å². The van der Waals surface area contributed by atoms with Crippen LogP contribution in [-0.2, 0) is 6.54 Å². The Hall–Kier alpha value is -1.33. The number of halogens is 2.